The lowest BCUT2D eigenvalue weighted by Gasteiger charge is -2.14. The van der Waals surface area contributed by atoms with Crippen LogP contribution < -0.4 is 26.3 Å². The molecule has 1 aromatic carbocycles. The van der Waals surface area contributed by atoms with Crippen LogP contribution in [0.5, 0.6) is 11.5 Å². The Labute approximate surface area is 127 Å². The third-order valence-electron chi connectivity index (χ3n) is 3.36. The van der Waals surface area contributed by atoms with E-state index >= 15 is 0 Å². The Bertz CT molecular complexity index is 768. The first-order valence-electron chi connectivity index (χ1n) is 6.46. The van der Waals surface area contributed by atoms with Gasteiger partial charge in [-0.2, -0.15) is 0 Å². The minimum atomic E-state index is -0.634. The average molecular weight is 303 g/mol. The van der Waals surface area contributed by atoms with E-state index in [1.54, 1.807) is 45.5 Å². The van der Waals surface area contributed by atoms with Crippen molar-refractivity contribution in [1.82, 2.24) is 9.99 Å². The van der Waals surface area contributed by atoms with E-state index in [-0.39, 0.29) is 5.56 Å². The predicted molar refractivity (Wildman–Crippen MR) is 81.9 cm³/mol. The molecule has 1 aromatic heterocycles. The molecule has 0 aliphatic carbocycles. The van der Waals surface area contributed by atoms with Crippen molar-refractivity contribution in [3.05, 3.63) is 46.2 Å². The number of benzene rings is 1. The van der Waals surface area contributed by atoms with Crippen molar-refractivity contribution < 1.29 is 14.3 Å². The molecule has 7 heteroatoms. The highest BCUT2D eigenvalue weighted by molar-refractivity contribution is 5.93. The molecule has 0 radical (unpaired) electrons. The number of rotatable bonds is 4. The van der Waals surface area contributed by atoms with Crippen molar-refractivity contribution >= 4 is 5.91 Å². The van der Waals surface area contributed by atoms with Gasteiger partial charge >= 0.3 is 0 Å². The van der Waals surface area contributed by atoms with Gasteiger partial charge in [0.2, 0.25) is 0 Å². The monoisotopic (exact) mass is 303 g/mol. The van der Waals surface area contributed by atoms with Gasteiger partial charge in [0.15, 0.2) is 0 Å². The maximum atomic E-state index is 12.3. The normalized spacial score (nSPS) is 10.2. The number of hydrogen-bond donors (Lipinski definition) is 2. The van der Waals surface area contributed by atoms with Crippen LogP contribution in [-0.4, -0.2) is 24.7 Å². The van der Waals surface area contributed by atoms with Crippen LogP contribution in [0.3, 0.4) is 0 Å². The van der Waals surface area contributed by atoms with Crippen molar-refractivity contribution in [2.24, 2.45) is 12.9 Å². The Kier molecular flexibility index (Phi) is 4.47. The summed E-state index contributed by atoms with van der Waals surface area (Å²) in [5.41, 5.74) is 2.74. The lowest BCUT2D eigenvalue weighted by Crippen LogP contribution is -2.36. The van der Waals surface area contributed by atoms with Gasteiger partial charge in [-0.25, -0.2) is 5.84 Å². The van der Waals surface area contributed by atoms with Crippen LogP contribution in [-0.2, 0) is 7.05 Å². The van der Waals surface area contributed by atoms with E-state index in [9.17, 15) is 9.59 Å². The Hall–Kier alpha value is -2.80. The smallest absolute Gasteiger partial charge is 0.270 e. The number of pyridine rings is 1. The summed E-state index contributed by atoms with van der Waals surface area (Å²) >= 11 is 0. The zero-order valence-corrected chi connectivity index (χ0v) is 12.5. The minimum Gasteiger partial charge on any atom is -0.497 e. The number of nitrogens with zero attached hydrogens (tertiary/aromatic N) is 1. The number of amides is 1. The first kappa shape index (κ1) is 15.6. The zero-order chi connectivity index (χ0) is 16.3. The molecular weight excluding hydrogens is 286 g/mol. The van der Waals surface area contributed by atoms with E-state index in [0.29, 0.717) is 22.8 Å². The fourth-order valence-corrected chi connectivity index (χ4v) is 2.17. The molecule has 0 aliphatic heterocycles. The second kappa shape index (κ2) is 6.31. The molecule has 0 bridgehead atoms. The summed E-state index contributed by atoms with van der Waals surface area (Å²) in [6.45, 7) is 0. The Balaban J connectivity index is 2.66. The topological polar surface area (TPSA) is 95.6 Å². The van der Waals surface area contributed by atoms with E-state index in [2.05, 4.69) is 0 Å². The van der Waals surface area contributed by atoms with E-state index in [1.807, 2.05) is 5.43 Å². The maximum absolute atomic E-state index is 12.3. The molecule has 1 amide bonds. The molecule has 0 aliphatic rings. The van der Waals surface area contributed by atoms with E-state index in [1.165, 1.54) is 10.6 Å². The molecule has 0 saturated carbocycles. The van der Waals surface area contributed by atoms with Gasteiger partial charge in [0.25, 0.3) is 11.5 Å². The van der Waals surface area contributed by atoms with Crippen molar-refractivity contribution in [1.29, 1.82) is 0 Å². The zero-order valence-electron chi connectivity index (χ0n) is 12.5. The third kappa shape index (κ3) is 2.66. The summed E-state index contributed by atoms with van der Waals surface area (Å²) < 4.78 is 11.9. The van der Waals surface area contributed by atoms with Crippen molar-refractivity contribution in [3.63, 3.8) is 0 Å². The second-order valence-electron chi connectivity index (χ2n) is 4.54. The van der Waals surface area contributed by atoms with Gasteiger partial charge in [0, 0.05) is 12.6 Å². The molecule has 22 heavy (non-hydrogen) atoms. The number of hydrogen-bond acceptors (Lipinski definition) is 5. The van der Waals surface area contributed by atoms with Crippen molar-refractivity contribution in [2.45, 2.75) is 0 Å². The minimum absolute atomic E-state index is 0.0318. The Morgan fingerprint density at radius 3 is 2.50 bits per heavy atom. The van der Waals surface area contributed by atoms with Crippen LogP contribution in [0.25, 0.3) is 11.3 Å². The highest BCUT2D eigenvalue weighted by atomic mass is 16.5. The molecule has 116 valence electrons. The van der Waals surface area contributed by atoms with Crippen LogP contribution in [0, 0.1) is 0 Å². The molecule has 0 atom stereocenters. The largest absolute Gasteiger partial charge is 0.497 e. The van der Waals surface area contributed by atoms with E-state index in [0.717, 1.165) is 0 Å². The molecule has 2 aromatic rings. The number of hydrazine groups is 1. The van der Waals surface area contributed by atoms with Gasteiger partial charge in [-0.1, -0.05) is 0 Å². The number of carbonyl (C=O) groups excluding carboxylic acids is 1. The van der Waals surface area contributed by atoms with Gasteiger partial charge in [0.05, 0.1) is 19.9 Å². The summed E-state index contributed by atoms with van der Waals surface area (Å²) in [4.78, 5) is 23.9. The molecule has 1 heterocycles. The number of carbonyl (C=O) groups is 1. The molecule has 2 rings (SSSR count). The summed E-state index contributed by atoms with van der Waals surface area (Å²) in [5, 5.41) is 0. The predicted octanol–water partition coefficient (Wildman–Crippen LogP) is 0.673. The third-order valence-corrected chi connectivity index (χ3v) is 3.36. The van der Waals surface area contributed by atoms with Crippen LogP contribution in [0.15, 0.2) is 35.1 Å². The van der Waals surface area contributed by atoms with Gasteiger partial charge in [-0.15, -0.1) is 0 Å². The quantitative estimate of drug-likeness (QED) is 0.492. The van der Waals surface area contributed by atoms with Crippen LogP contribution in [0.2, 0.25) is 0 Å². The number of aromatic nitrogens is 1. The highest BCUT2D eigenvalue weighted by Crippen LogP contribution is 2.32. The molecule has 0 spiro atoms. The molecular formula is C15H17N3O4. The number of nitrogen functional groups attached to an aromatic ring is 1. The molecule has 7 nitrogen and oxygen atoms in total. The van der Waals surface area contributed by atoms with Crippen LogP contribution in [0.1, 0.15) is 10.4 Å². The molecule has 0 fully saturated rings. The summed E-state index contributed by atoms with van der Waals surface area (Å²) in [7, 11) is 4.67. The first-order valence-corrected chi connectivity index (χ1v) is 6.46. The van der Waals surface area contributed by atoms with Gasteiger partial charge in [-0.3, -0.25) is 15.0 Å². The van der Waals surface area contributed by atoms with Gasteiger partial charge in [-0.05, 0) is 30.3 Å². The highest BCUT2D eigenvalue weighted by Gasteiger charge is 2.16. The van der Waals surface area contributed by atoms with E-state index in [4.69, 9.17) is 15.3 Å². The summed E-state index contributed by atoms with van der Waals surface area (Å²) in [5.74, 6) is 5.66. The molecule has 0 saturated heterocycles. The fourth-order valence-electron chi connectivity index (χ4n) is 2.17. The number of nitrogens with two attached hydrogens (primary N) is 1. The SMILES string of the molecule is COc1ccc(OC)c(-c2ccc(C(=O)NN)c(=O)n2C)c1. The molecule has 0 unspecified atom stereocenters. The summed E-state index contributed by atoms with van der Waals surface area (Å²) in [6, 6.07) is 8.36. The number of ether oxygens (including phenoxy) is 2. The summed E-state index contributed by atoms with van der Waals surface area (Å²) in [6.07, 6.45) is 0. The lowest BCUT2D eigenvalue weighted by molar-refractivity contribution is 0.0951. The number of nitrogens with one attached hydrogen (secondary N) is 1. The van der Waals surface area contributed by atoms with Gasteiger partial charge in [0.1, 0.15) is 17.1 Å². The Morgan fingerprint density at radius 1 is 1.18 bits per heavy atom. The van der Waals surface area contributed by atoms with Crippen LogP contribution in [0.4, 0.5) is 0 Å². The maximum Gasteiger partial charge on any atom is 0.270 e. The van der Waals surface area contributed by atoms with Crippen molar-refractivity contribution in [3.8, 4) is 22.8 Å². The standard InChI is InChI=1S/C15H17N3O4/c1-18-12(6-5-10(15(18)20)14(19)17-16)11-8-9(21-2)4-7-13(11)22-3/h4-8H,16H2,1-3H3,(H,17,19). The van der Waals surface area contributed by atoms with Crippen molar-refractivity contribution in [2.75, 3.05) is 14.2 Å². The number of methoxy groups -OCH3 is 2. The average Bonchev–Trinajstić information content (AvgIpc) is 2.56. The fraction of sp³-hybridized carbons (Fsp3) is 0.200. The molecule has 3 N–H and O–H groups in total. The van der Waals surface area contributed by atoms with Gasteiger partial charge < -0.3 is 14.0 Å². The van der Waals surface area contributed by atoms with E-state index < -0.39 is 11.5 Å². The first-order chi connectivity index (χ1) is 10.5. The van der Waals surface area contributed by atoms with Crippen LogP contribution >= 0.6 is 0 Å². The Morgan fingerprint density at radius 2 is 1.91 bits per heavy atom. The second-order valence-corrected chi connectivity index (χ2v) is 4.54. The lowest BCUT2D eigenvalue weighted by atomic mass is 10.1.